The highest BCUT2D eigenvalue weighted by atomic mass is 16.5. The zero-order chi connectivity index (χ0) is 20.8. The summed E-state index contributed by atoms with van der Waals surface area (Å²) in [5.41, 5.74) is 0.462. The molecule has 8 heteroatoms. The average Bonchev–Trinajstić information content (AvgIpc) is 3.04. The first-order chi connectivity index (χ1) is 13.2. The number of nitrogens with one attached hydrogen (secondary N) is 2. The molecule has 2 aromatic rings. The van der Waals surface area contributed by atoms with Crippen LogP contribution in [0.4, 0.5) is 0 Å². The Bertz CT molecular complexity index is 854. The van der Waals surface area contributed by atoms with E-state index in [2.05, 4.69) is 10.6 Å². The van der Waals surface area contributed by atoms with Crippen LogP contribution >= 0.6 is 0 Å². The van der Waals surface area contributed by atoms with Gasteiger partial charge in [-0.15, -0.1) is 0 Å². The molecule has 0 aliphatic heterocycles. The predicted octanol–water partition coefficient (Wildman–Crippen LogP) is 2.37. The Hall–Kier alpha value is -3.29. The van der Waals surface area contributed by atoms with Crippen LogP contribution in [0.3, 0.4) is 0 Å². The first-order valence-corrected chi connectivity index (χ1v) is 8.78. The number of carbonyl (C=O) groups is 3. The average molecular weight is 388 g/mol. The summed E-state index contributed by atoms with van der Waals surface area (Å²) in [5.74, 6) is -0.788. The van der Waals surface area contributed by atoms with Gasteiger partial charge in [0.1, 0.15) is 28.9 Å². The first kappa shape index (κ1) is 21.0. The van der Waals surface area contributed by atoms with Crippen LogP contribution in [0.1, 0.15) is 46.1 Å². The van der Waals surface area contributed by atoms with Crippen LogP contribution in [0.2, 0.25) is 0 Å². The van der Waals surface area contributed by atoms with E-state index in [1.54, 1.807) is 31.2 Å². The molecular weight excluding hydrogens is 364 g/mol. The molecule has 0 saturated carbocycles. The lowest BCUT2D eigenvalue weighted by molar-refractivity contribution is -0.124. The number of hydrogen-bond donors (Lipinski definition) is 3. The van der Waals surface area contributed by atoms with E-state index in [1.807, 2.05) is 13.8 Å². The van der Waals surface area contributed by atoms with Crippen molar-refractivity contribution in [3.8, 4) is 5.75 Å². The number of carboxylic acids is 1. The van der Waals surface area contributed by atoms with E-state index in [0.29, 0.717) is 17.1 Å². The van der Waals surface area contributed by atoms with Crippen molar-refractivity contribution >= 4 is 17.8 Å². The van der Waals surface area contributed by atoms with Crippen molar-refractivity contribution in [3.63, 3.8) is 0 Å². The van der Waals surface area contributed by atoms with Crippen LogP contribution in [0.15, 0.2) is 34.7 Å². The number of aryl methyl sites for hydroxylation is 1. The molecule has 0 radical (unpaired) electrons. The standard InChI is InChI=1S/C20H24N2O6/c1-11(2)17(22-18(23)13-5-7-14(27-4)8-6-13)19(24)21-10-15-9-16(20(25)26)12(3)28-15/h5-9,11,17H,10H2,1-4H3,(H,21,24)(H,22,23)(H,25,26). The molecule has 0 spiro atoms. The molecule has 2 amide bonds. The fourth-order valence-corrected chi connectivity index (χ4v) is 2.63. The lowest BCUT2D eigenvalue weighted by atomic mass is 10.0. The Morgan fingerprint density at radius 3 is 2.32 bits per heavy atom. The van der Waals surface area contributed by atoms with Gasteiger partial charge in [-0.2, -0.15) is 0 Å². The van der Waals surface area contributed by atoms with Gasteiger partial charge in [0.2, 0.25) is 5.91 Å². The Kier molecular flexibility index (Phi) is 6.81. The smallest absolute Gasteiger partial charge is 0.339 e. The van der Waals surface area contributed by atoms with Gasteiger partial charge in [-0.25, -0.2) is 4.79 Å². The van der Waals surface area contributed by atoms with Crippen molar-refractivity contribution in [2.24, 2.45) is 5.92 Å². The minimum atomic E-state index is -1.09. The molecule has 0 aliphatic rings. The van der Waals surface area contributed by atoms with E-state index in [9.17, 15) is 14.4 Å². The maximum absolute atomic E-state index is 12.5. The molecule has 28 heavy (non-hydrogen) atoms. The molecule has 0 aliphatic carbocycles. The fraction of sp³-hybridized carbons (Fsp3) is 0.350. The van der Waals surface area contributed by atoms with E-state index in [1.165, 1.54) is 13.2 Å². The SMILES string of the molecule is COc1ccc(C(=O)NC(C(=O)NCc2cc(C(=O)O)c(C)o2)C(C)C)cc1. The van der Waals surface area contributed by atoms with Crippen molar-refractivity contribution < 1.29 is 28.6 Å². The van der Waals surface area contributed by atoms with Crippen LogP contribution in [0.25, 0.3) is 0 Å². The normalized spacial score (nSPS) is 11.8. The summed E-state index contributed by atoms with van der Waals surface area (Å²) in [6, 6.07) is 7.17. The molecular formula is C20H24N2O6. The first-order valence-electron chi connectivity index (χ1n) is 8.78. The number of amides is 2. The number of carboxylic acid groups (broad SMARTS) is 1. The molecule has 3 N–H and O–H groups in total. The Balaban J connectivity index is 2.01. The van der Waals surface area contributed by atoms with Crippen LogP contribution in [-0.2, 0) is 11.3 Å². The number of carbonyl (C=O) groups excluding carboxylic acids is 2. The molecule has 1 aromatic carbocycles. The van der Waals surface area contributed by atoms with Gasteiger partial charge < -0.3 is 24.9 Å². The topological polar surface area (TPSA) is 118 Å². The van der Waals surface area contributed by atoms with Gasteiger partial charge in [-0.3, -0.25) is 9.59 Å². The molecule has 8 nitrogen and oxygen atoms in total. The highest BCUT2D eigenvalue weighted by Gasteiger charge is 2.25. The summed E-state index contributed by atoms with van der Waals surface area (Å²) in [6.07, 6.45) is 0. The molecule has 0 saturated heterocycles. The van der Waals surface area contributed by atoms with E-state index >= 15 is 0 Å². The minimum absolute atomic E-state index is 0.0224. The quantitative estimate of drug-likeness (QED) is 0.639. The zero-order valence-electron chi connectivity index (χ0n) is 16.2. The second kappa shape index (κ2) is 9.07. The lowest BCUT2D eigenvalue weighted by Gasteiger charge is -2.21. The molecule has 150 valence electrons. The maximum atomic E-state index is 12.5. The highest BCUT2D eigenvalue weighted by molar-refractivity contribution is 5.97. The Morgan fingerprint density at radius 2 is 1.82 bits per heavy atom. The molecule has 1 atom stereocenters. The minimum Gasteiger partial charge on any atom is -0.497 e. The van der Waals surface area contributed by atoms with Gasteiger partial charge in [0, 0.05) is 5.56 Å². The summed E-state index contributed by atoms with van der Waals surface area (Å²) in [7, 11) is 1.54. The number of ether oxygens (including phenoxy) is 1. The monoisotopic (exact) mass is 388 g/mol. The number of hydrogen-bond acceptors (Lipinski definition) is 5. The van der Waals surface area contributed by atoms with Crippen molar-refractivity contribution in [1.82, 2.24) is 10.6 Å². The maximum Gasteiger partial charge on any atom is 0.339 e. The van der Waals surface area contributed by atoms with Crippen molar-refractivity contribution in [1.29, 1.82) is 0 Å². The van der Waals surface area contributed by atoms with Crippen molar-refractivity contribution in [2.45, 2.75) is 33.4 Å². The summed E-state index contributed by atoms with van der Waals surface area (Å²) in [5, 5.41) is 14.5. The van der Waals surface area contributed by atoms with Crippen LogP contribution in [-0.4, -0.2) is 36.0 Å². The summed E-state index contributed by atoms with van der Waals surface area (Å²) in [6.45, 7) is 5.20. The zero-order valence-corrected chi connectivity index (χ0v) is 16.2. The van der Waals surface area contributed by atoms with Gasteiger partial charge in [0.15, 0.2) is 0 Å². The van der Waals surface area contributed by atoms with Gasteiger partial charge in [-0.1, -0.05) is 13.8 Å². The fourth-order valence-electron chi connectivity index (χ4n) is 2.63. The molecule has 1 aromatic heterocycles. The van der Waals surface area contributed by atoms with E-state index in [-0.39, 0.29) is 35.6 Å². The molecule has 0 bridgehead atoms. The van der Waals surface area contributed by atoms with E-state index in [0.717, 1.165) is 0 Å². The van der Waals surface area contributed by atoms with Gasteiger partial charge in [-0.05, 0) is 43.2 Å². The van der Waals surface area contributed by atoms with Crippen molar-refractivity contribution in [3.05, 3.63) is 53.0 Å². The van der Waals surface area contributed by atoms with Crippen molar-refractivity contribution in [2.75, 3.05) is 7.11 Å². The summed E-state index contributed by atoms with van der Waals surface area (Å²) in [4.78, 5) is 36.1. The molecule has 0 fully saturated rings. The number of benzene rings is 1. The third-order valence-corrected chi connectivity index (χ3v) is 4.22. The van der Waals surface area contributed by atoms with E-state index in [4.69, 9.17) is 14.3 Å². The second-order valence-corrected chi connectivity index (χ2v) is 6.63. The van der Waals surface area contributed by atoms with Crippen LogP contribution in [0.5, 0.6) is 5.75 Å². The molecule has 2 rings (SSSR count). The van der Waals surface area contributed by atoms with Gasteiger partial charge in [0.05, 0.1) is 13.7 Å². The third kappa shape index (κ3) is 5.12. The lowest BCUT2D eigenvalue weighted by Crippen LogP contribution is -2.49. The predicted molar refractivity (Wildman–Crippen MR) is 101 cm³/mol. The number of methoxy groups -OCH3 is 1. The second-order valence-electron chi connectivity index (χ2n) is 6.63. The van der Waals surface area contributed by atoms with Crippen LogP contribution in [0, 0.1) is 12.8 Å². The summed E-state index contributed by atoms with van der Waals surface area (Å²) < 4.78 is 10.4. The molecule has 1 unspecified atom stereocenters. The van der Waals surface area contributed by atoms with Gasteiger partial charge >= 0.3 is 5.97 Å². The number of furan rings is 1. The Labute approximate surface area is 162 Å². The number of aromatic carboxylic acids is 1. The largest absolute Gasteiger partial charge is 0.497 e. The van der Waals surface area contributed by atoms with Crippen LogP contribution < -0.4 is 15.4 Å². The Morgan fingerprint density at radius 1 is 1.18 bits per heavy atom. The third-order valence-electron chi connectivity index (χ3n) is 4.22. The van der Waals surface area contributed by atoms with E-state index < -0.39 is 12.0 Å². The summed E-state index contributed by atoms with van der Waals surface area (Å²) >= 11 is 0. The number of rotatable bonds is 8. The highest BCUT2D eigenvalue weighted by Crippen LogP contribution is 2.15. The van der Waals surface area contributed by atoms with Gasteiger partial charge in [0.25, 0.3) is 5.91 Å². The molecule has 1 heterocycles.